The van der Waals surface area contributed by atoms with Crippen LogP contribution in [0.4, 0.5) is 17.6 Å². The van der Waals surface area contributed by atoms with Crippen molar-refractivity contribution in [2.75, 3.05) is 13.1 Å². The minimum Gasteiger partial charge on any atom is -0.310 e. The lowest BCUT2D eigenvalue weighted by atomic mass is 9.88. The summed E-state index contributed by atoms with van der Waals surface area (Å²) < 4.78 is 56.6. The van der Waals surface area contributed by atoms with Gasteiger partial charge in [-0.1, -0.05) is 59.1 Å². The van der Waals surface area contributed by atoms with E-state index in [1.165, 1.54) is 12.1 Å². The lowest BCUT2D eigenvalue weighted by Gasteiger charge is -2.35. The molecule has 0 amide bonds. The summed E-state index contributed by atoms with van der Waals surface area (Å²) in [5, 5.41) is 2.54. The van der Waals surface area contributed by atoms with E-state index < -0.39 is 17.4 Å². The Kier molecular flexibility index (Phi) is 5.03. The molecule has 0 spiro atoms. The molecule has 2 aromatic carbocycles. The van der Waals surface area contributed by atoms with Gasteiger partial charge in [0.1, 0.15) is 0 Å². The molecule has 0 bridgehead atoms. The van der Waals surface area contributed by atoms with Crippen molar-refractivity contribution in [1.82, 2.24) is 10.8 Å². The van der Waals surface area contributed by atoms with Crippen molar-refractivity contribution in [2.45, 2.75) is 17.4 Å². The average molecular weight is 468 g/mol. The topological polar surface area (TPSA) is 33.3 Å². The second kappa shape index (κ2) is 7.03. The van der Waals surface area contributed by atoms with E-state index in [9.17, 15) is 17.6 Å². The maximum Gasteiger partial charge on any atom is 0.428 e. The predicted octanol–water partition coefficient (Wildman–Crippen LogP) is 5.75. The molecule has 2 aromatic rings. The highest BCUT2D eigenvalue weighted by atomic mass is 35.5. The summed E-state index contributed by atoms with van der Waals surface area (Å²) in [7, 11) is 0. The quantitative estimate of drug-likeness (QED) is 0.446. The number of nitrogens with one attached hydrogen (secondary N) is 2. The van der Waals surface area contributed by atoms with E-state index in [1.807, 2.05) is 0 Å². The molecule has 3 nitrogen and oxygen atoms in total. The van der Waals surface area contributed by atoms with E-state index in [4.69, 9.17) is 39.6 Å². The zero-order valence-corrected chi connectivity index (χ0v) is 16.8. The molecule has 0 saturated carbocycles. The lowest BCUT2D eigenvalue weighted by Crippen LogP contribution is -2.53. The summed E-state index contributed by atoms with van der Waals surface area (Å²) in [6.07, 6.45) is -3.93. The summed E-state index contributed by atoms with van der Waals surface area (Å²) >= 11 is 17.7. The van der Waals surface area contributed by atoms with Crippen molar-refractivity contribution >= 4 is 40.5 Å². The fourth-order valence-electron chi connectivity index (χ4n) is 3.25. The SMILES string of the molecule is FC1(c2ccc(C3=CC(c4cc(Cl)c(Cl)c(Cl)c4)(C(F)(F)F)ON3)cc2)CNC1. The first-order chi connectivity index (χ1) is 13.6. The molecule has 2 aliphatic rings. The molecule has 2 N–H and O–H groups in total. The monoisotopic (exact) mass is 466 g/mol. The second-order valence-electron chi connectivity index (χ2n) is 6.90. The van der Waals surface area contributed by atoms with Gasteiger partial charge in [0.2, 0.25) is 5.60 Å². The van der Waals surface area contributed by atoms with Crippen molar-refractivity contribution in [1.29, 1.82) is 0 Å². The molecule has 2 heterocycles. The fourth-order valence-corrected chi connectivity index (χ4v) is 3.85. The zero-order valence-electron chi connectivity index (χ0n) is 14.5. The van der Waals surface area contributed by atoms with Gasteiger partial charge >= 0.3 is 6.18 Å². The van der Waals surface area contributed by atoms with Crippen LogP contribution in [0, 0.1) is 0 Å². The van der Waals surface area contributed by atoms with Crippen molar-refractivity contribution in [2.24, 2.45) is 0 Å². The van der Waals surface area contributed by atoms with Gasteiger partial charge in [0.15, 0.2) is 5.67 Å². The largest absolute Gasteiger partial charge is 0.428 e. The van der Waals surface area contributed by atoms with Gasteiger partial charge in [-0.15, -0.1) is 0 Å². The third-order valence-corrected chi connectivity index (χ3v) is 6.22. The zero-order chi connectivity index (χ0) is 21.0. The summed E-state index contributed by atoms with van der Waals surface area (Å²) in [6, 6.07) is 8.27. The lowest BCUT2D eigenvalue weighted by molar-refractivity contribution is -0.269. The first-order valence-electron chi connectivity index (χ1n) is 8.45. The summed E-state index contributed by atoms with van der Waals surface area (Å²) in [6.45, 7) is 0.400. The first-order valence-corrected chi connectivity index (χ1v) is 9.58. The van der Waals surface area contributed by atoms with E-state index in [0.29, 0.717) is 11.1 Å². The third kappa shape index (κ3) is 3.39. The molecular weight excluding hydrogens is 455 g/mol. The fraction of sp³-hybridized carbons (Fsp3) is 0.263. The molecule has 4 rings (SSSR count). The first kappa shape index (κ1) is 20.8. The second-order valence-corrected chi connectivity index (χ2v) is 8.09. The van der Waals surface area contributed by atoms with E-state index in [0.717, 1.165) is 18.2 Å². The third-order valence-electron chi connectivity index (χ3n) is 5.03. The van der Waals surface area contributed by atoms with Crippen molar-refractivity contribution < 1.29 is 22.4 Å². The number of hydroxylamine groups is 1. The Bertz CT molecular complexity index is 967. The molecule has 1 atom stereocenters. The van der Waals surface area contributed by atoms with Gasteiger partial charge in [0.25, 0.3) is 0 Å². The molecule has 10 heteroatoms. The maximum absolute atomic E-state index is 14.5. The van der Waals surface area contributed by atoms with E-state index in [-0.39, 0.29) is 39.4 Å². The van der Waals surface area contributed by atoms with Crippen LogP contribution in [0.3, 0.4) is 0 Å². The molecule has 1 unspecified atom stereocenters. The van der Waals surface area contributed by atoms with Crippen LogP contribution in [-0.4, -0.2) is 19.3 Å². The molecule has 29 heavy (non-hydrogen) atoms. The Hall–Kier alpha value is -1.51. The number of alkyl halides is 4. The summed E-state index contributed by atoms with van der Waals surface area (Å²) in [5.41, 5.74) is -1.34. The number of rotatable bonds is 3. The van der Waals surface area contributed by atoms with Gasteiger partial charge in [-0.3, -0.25) is 10.3 Å². The highest BCUT2D eigenvalue weighted by Crippen LogP contribution is 2.49. The molecule has 2 aliphatic heterocycles. The van der Waals surface area contributed by atoms with Crippen LogP contribution in [0.5, 0.6) is 0 Å². The van der Waals surface area contributed by atoms with Gasteiger partial charge in [-0.25, -0.2) is 4.39 Å². The maximum atomic E-state index is 14.5. The summed E-state index contributed by atoms with van der Waals surface area (Å²) in [5.74, 6) is 0. The number of halogens is 7. The Morgan fingerprint density at radius 1 is 0.931 bits per heavy atom. The molecule has 0 aromatic heterocycles. The minimum atomic E-state index is -4.83. The van der Waals surface area contributed by atoms with E-state index >= 15 is 0 Å². The van der Waals surface area contributed by atoms with Crippen LogP contribution < -0.4 is 10.8 Å². The predicted molar refractivity (Wildman–Crippen MR) is 104 cm³/mol. The van der Waals surface area contributed by atoms with Crippen molar-refractivity contribution in [3.05, 3.63) is 74.2 Å². The summed E-state index contributed by atoms with van der Waals surface area (Å²) in [4.78, 5) is 5.03. The van der Waals surface area contributed by atoms with Crippen LogP contribution in [0.25, 0.3) is 5.70 Å². The number of benzene rings is 2. The van der Waals surface area contributed by atoms with E-state index in [1.54, 1.807) is 12.1 Å². The molecule has 154 valence electrons. The van der Waals surface area contributed by atoms with E-state index in [2.05, 4.69) is 10.8 Å². The Morgan fingerprint density at radius 3 is 2.00 bits per heavy atom. The van der Waals surface area contributed by atoms with Crippen LogP contribution in [-0.2, 0) is 16.1 Å². The van der Waals surface area contributed by atoms with Gasteiger partial charge < -0.3 is 5.32 Å². The normalized spacial score (nSPS) is 23.3. The van der Waals surface area contributed by atoms with Gasteiger partial charge in [-0.2, -0.15) is 13.2 Å². The minimum absolute atomic E-state index is 0.0502. The van der Waals surface area contributed by atoms with Gasteiger partial charge in [-0.05, 0) is 29.3 Å². The standard InChI is InChI=1S/C19H13Cl3F4N2O/c20-13-5-12(6-14(21)16(13)22)18(19(24,25)26)7-15(28-29-18)10-1-3-11(4-2-10)17(23)8-27-9-17/h1-7,27-28H,8-9H2. The molecular formula is C19H13Cl3F4N2O. The Balaban J connectivity index is 1.74. The highest BCUT2D eigenvalue weighted by molar-refractivity contribution is 6.48. The van der Waals surface area contributed by atoms with Crippen LogP contribution in [0.2, 0.25) is 15.1 Å². The highest BCUT2D eigenvalue weighted by Gasteiger charge is 2.59. The van der Waals surface area contributed by atoms with Gasteiger partial charge in [0.05, 0.1) is 20.8 Å². The van der Waals surface area contributed by atoms with Crippen LogP contribution >= 0.6 is 34.8 Å². The van der Waals surface area contributed by atoms with Crippen molar-refractivity contribution in [3.8, 4) is 0 Å². The molecule has 0 radical (unpaired) electrons. The van der Waals surface area contributed by atoms with Gasteiger partial charge in [0, 0.05) is 18.7 Å². The Labute approximate surface area is 178 Å². The van der Waals surface area contributed by atoms with Crippen molar-refractivity contribution in [3.63, 3.8) is 0 Å². The number of hydrogen-bond donors (Lipinski definition) is 2. The smallest absolute Gasteiger partial charge is 0.310 e. The van der Waals surface area contributed by atoms with Crippen LogP contribution in [0.1, 0.15) is 16.7 Å². The number of hydrogen-bond acceptors (Lipinski definition) is 3. The average Bonchev–Trinajstić information content (AvgIpc) is 3.11. The Morgan fingerprint density at radius 2 is 1.52 bits per heavy atom. The van der Waals surface area contributed by atoms with Crippen LogP contribution in [0.15, 0.2) is 42.5 Å². The molecule has 1 fully saturated rings. The molecule has 0 aliphatic carbocycles. The molecule has 1 saturated heterocycles.